The van der Waals surface area contributed by atoms with E-state index in [9.17, 15) is 33.9 Å². The van der Waals surface area contributed by atoms with E-state index in [4.69, 9.17) is 61.6 Å². The van der Waals surface area contributed by atoms with Crippen molar-refractivity contribution in [2.75, 3.05) is 49.3 Å². The summed E-state index contributed by atoms with van der Waals surface area (Å²) in [5.41, 5.74) is 23.7. The Hall–Kier alpha value is -14.8. The van der Waals surface area contributed by atoms with Crippen LogP contribution in [-0.4, -0.2) is 91.3 Å². The van der Waals surface area contributed by atoms with E-state index in [0.717, 1.165) is 141 Å². The third-order valence-electron chi connectivity index (χ3n) is 23.3. The van der Waals surface area contributed by atoms with Crippen molar-refractivity contribution in [1.29, 1.82) is 0 Å². The van der Waals surface area contributed by atoms with Gasteiger partial charge in [-0.15, -0.1) is 0 Å². The van der Waals surface area contributed by atoms with Crippen LogP contribution in [0.3, 0.4) is 0 Å². The number of ether oxygens (including phenoxy) is 19. The zero-order chi connectivity index (χ0) is 105. The van der Waals surface area contributed by atoms with Crippen molar-refractivity contribution in [3.8, 4) is 74.7 Å². The van der Waals surface area contributed by atoms with Crippen LogP contribution < -0.4 is 61.6 Å². The van der Waals surface area contributed by atoms with Gasteiger partial charge >= 0.3 is 36.9 Å². The van der Waals surface area contributed by atoms with Crippen LogP contribution in [0, 0.1) is 48.5 Å². The Morgan fingerprint density at radius 2 is 0.490 bits per heavy atom. The molecule has 0 radical (unpaired) electrons. The van der Waals surface area contributed by atoms with Gasteiger partial charge in [-0.05, 0) is 259 Å². The zero-order valence-electron chi connectivity index (χ0n) is 87.2. The number of aliphatic hydroxyl groups excluding tert-OH is 1. The molecular weight excluding hydrogens is 1870 g/mol. The van der Waals surface area contributed by atoms with E-state index in [2.05, 4.69) is 167 Å². The van der Waals surface area contributed by atoms with Crippen LogP contribution in [-0.2, 0) is 125 Å². The maximum absolute atomic E-state index is 11.6. The van der Waals surface area contributed by atoms with Gasteiger partial charge in [0.05, 0.1) is 61.4 Å². The third-order valence-corrected chi connectivity index (χ3v) is 23.7. The first-order chi connectivity index (χ1) is 70.0. The molecule has 12 aromatic carbocycles. The van der Waals surface area contributed by atoms with Crippen LogP contribution in [0.4, 0.5) is 28.8 Å². The SMILES string of the molecule is CCOc1cccc(OC(=O)OC)c1COc1ccc(C)cc1CC.CCc1cc(C)ccc1OCc1c(C)cccc1OC(=O)OC.CCc1cc(C)ccc1OCc1c(CC)cccc1OC(=O)OC.CCc1cc(C)ccc1OCc1c(CO)cccc1OC(=O)OC.CCc1cc(C)ccc1OCc1c(CS)cccc1OC(=O)OC.CCc1cc(C)ccc1OCc1c(OC(=O)OC)cccc1C1CC1. The Kier molecular flexibility index (Phi) is 48.2. The number of methoxy groups -OCH3 is 6. The highest BCUT2D eigenvalue weighted by Crippen LogP contribution is 2.45. The number of hydrogen-bond acceptors (Lipinski definition) is 27. The summed E-state index contributed by atoms with van der Waals surface area (Å²) in [6.45, 7) is 32.9. The smallest absolute Gasteiger partial charge is 0.493 e. The molecule has 0 heterocycles. The second-order valence-electron chi connectivity index (χ2n) is 33.5. The van der Waals surface area contributed by atoms with E-state index in [-0.39, 0.29) is 19.8 Å². The monoisotopic (exact) mass is 2000 g/mol. The third kappa shape index (κ3) is 35.9. The Bertz CT molecular complexity index is 5940. The average Bonchev–Trinajstić information content (AvgIpc) is 1.65. The van der Waals surface area contributed by atoms with Crippen molar-refractivity contribution in [3.05, 3.63) is 346 Å². The van der Waals surface area contributed by atoms with E-state index in [1.165, 1.54) is 106 Å². The van der Waals surface area contributed by atoms with Crippen molar-refractivity contribution in [1.82, 2.24) is 0 Å². The lowest BCUT2D eigenvalue weighted by Crippen LogP contribution is -2.11. The number of rotatable bonds is 36. The van der Waals surface area contributed by atoms with E-state index in [0.29, 0.717) is 102 Å². The molecule has 1 N–H and O–H groups in total. The van der Waals surface area contributed by atoms with Crippen molar-refractivity contribution in [3.63, 3.8) is 0 Å². The molecule has 1 fully saturated rings. The fourth-order valence-electron chi connectivity index (χ4n) is 15.3. The summed E-state index contributed by atoms with van der Waals surface area (Å²) in [7, 11) is 7.68. The first kappa shape index (κ1) is 115. The van der Waals surface area contributed by atoms with Crippen LogP contribution in [0.15, 0.2) is 218 Å². The largest absolute Gasteiger partial charge is 0.513 e. The van der Waals surface area contributed by atoms with Crippen molar-refractivity contribution >= 4 is 49.6 Å². The molecule has 0 unspecified atom stereocenters. The predicted molar refractivity (Wildman–Crippen MR) is 562 cm³/mol. The number of aryl methyl sites for hydroxylation is 14. The van der Waals surface area contributed by atoms with Crippen LogP contribution in [0.5, 0.6) is 74.7 Å². The first-order valence-electron chi connectivity index (χ1n) is 48.4. The van der Waals surface area contributed by atoms with Gasteiger partial charge in [0, 0.05) is 33.6 Å². The standard InChI is InChI=1S/C21H24O4.C20H24O5.C20H24O4.C19H22O5.C19H22O4S.C19H22O4/c1-4-15-12-14(2)8-11-19(15)24-13-18-17(16-9-10-16)6-5-7-20(18)25-21(22)23-3;1-5-15-12-14(3)10-11-17(15)24-13-16-18(23-6-2)8-7-9-19(16)25-20(21)22-4;1-5-15-8-7-9-19(24-20(21)22-4)17(15)13-23-18-11-10-14(3)12-16(18)6-2;1-4-14-10-13(2)8-9-17(14)23-12-16-15(11-20)6-5-7-18(16)24-19(21)22-3;1-4-14-10-13(2)8-9-17(14)22-11-16-15(12-24)6-5-7-18(16)23-19(20)21-3;1-5-15-11-13(2)9-10-17(15)22-12-16-14(3)7-6-8-18(16)23-19(20)21-4/h5-8,11-12,16H,4,9-10,13H2,1-3H3;7-12H,5-6,13H2,1-4H3;7-12H,5-6,13H2,1-4H3;5-10,20H,4,11-12H2,1-3H3;5-10,24H,4,11-12H2,1-3H3;6-11H,5,12H2,1-4H3. The number of carbonyl (C=O) groups excluding carboxylic acids is 6. The molecule has 0 atom stereocenters. The molecule has 27 heteroatoms. The lowest BCUT2D eigenvalue weighted by atomic mass is 10.0. The Balaban J connectivity index is 0.000000212. The Morgan fingerprint density at radius 1 is 0.255 bits per heavy atom. The summed E-state index contributed by atoms with van der Waals surface area (Å²) in [4.78, 5) is 68.7. The lowest BCUT2D eigenvalue weighted by molar-refractivity contribution is 0.119. The molecule has 12 aromatic rings. The molecule has 772 valence electrons. The van der Waals surface area contributed by atoms with Gasteiger partial charge in [0.1, 0.15) is 114 Å². The fourth-order valence-corrected chi connectivity index (χ4v) is 15.6. The Morgan fingerprint density at radius 3 is 0.779 bits per heavy atom. The fraction of sp³-hybridized carbons (Fsp3) is 0.339. The summed E-state index contributed by atoms with van der Waals surface area (Å²) < 4.78 is 101. The van der Waals surface area contributed by atoms with Crippen LogP contribution in [0.2, 0.25) is 0 Å². The molecule has 145 heavy (non-hydrogen) atoms. The quantitative estimate of drug-likeness (QED) is 0.0160. The maximum Gasteiger partial charge on any atom is 0.513 e. The summed E-state index contributed by atoms with van der Waals surface area (Å²) in [6.07, 6.45) is 3.96. The average molecular weight is 2000 g/mol. The summed E-state index contributed by atoms with van der Waals surface area (Å²) in [5.74, 6) is 9.24. The minimum absolute atomic E-state index is 0.175. The second kappa shape index (κ2) is 60.6. The molecule has 0 aromatic heterocycles. The molecule has 1 saturated carbocycles. The molecule has 13 rings (SSSR count). The first-order valence-corrected chi connectivity index (χ1v) is 49.0. The summed E-state index contributed by atoms with van der Waals surface area (Å²) in [6, 6.07) is 69.5. The van der Waals surface area contributed by atoms with Crippen molar-refractivity contribution in [2.45, 2.75) is 220 Å². The van der Waals surface area contributed by atoms with Gasteiger partial charge in [0.25, 0.3) is 0 Å². The molecule has 0 spiro atoms. The molecule has 26 nitrogen and oxygen atoms in total. The maximum atomic E-state index is 11.6. The molecule has 1 aliphatic rings. The zero-order valence-corrected chi connectivity index (χ0v) is 88.1. The van der Waals surface area contributed by atoms with E-state index in [1.807, 2.05) is 142 Å². The van der Waals surface area contributed by atoms with Crippen molar-refractivity contribution in [2.24, 2.45) is 0 Å². The van der Waals surface area contributed by atoms with Gasteiger partial charge in [-0.1, -0.05) is 221 Å². The molecule has 1 aliphatic carbocycles. The van der Waals surface area contributed by atoms with Crippen LogP contribution in [0.1, 0.15) is 202 Å². The highest BCUT2D eigenvalue weighted by molar-refractivity contribution is 7.79. The Labute approximate surface area is 858 Å². The number of carbonyl (C=O) groups is 6. The predicted octanol–water partition coefficient (Wildman–Crippen LogP) is 27.8. The van der Waals surface area contributed by atoms with Gasteiger partial charge in [0.2, 0.25) is 0 Å². The van der Waals surface area contributed by atoms with E-state index in [1.54, 1.807) is 54.6 Å². The van der Waals surface area contributed by atoms with E-state index < -0.39 is 36.9 Å². The van der Waals surface area contributed by atoms with E-state index >= 15 is 0 Å². The molecule has 0 bridgehead atoms. The molecular formula is C118H138O26S. The van der Waals surface area contributed by atoms with Gasteiger partial charge in [-0.2, -0.15) is 12.6 Å². The highest BCUT2D eigenvalue weighted by Gasteiger charge is 2.30. The summed E-state index contributed by atoms with van der Waals surface area (Å²) >= 11 is 4.35. The lowest BCUT2D eigenvalue weighted by Gasteiger charge is -2.16. The summed E-state index contributed by atoms with van der Waals surface area (Å²) in [5, 5.41) is 9.54. The number of thiol groups is 1. The van der Waals surface area contributed by atoms with Gasteiger partial charge in [-0.25, -0.2) is 28.8 Å². The minimum Gasteiger partial charge on any atom is -0.493 e. The molecule has 0 amide bonds. The van der Waals surface area contributed by atoms with Crippen LogP contribution >= 0.6 is 12.6 Å². The highest BCUT2D eigenvalue weighted by atomic mass is 32.1. The number of hydrogen-bond donors (Lipinski definition) is 2. The molecule has 0 saturated heterocycles. The second-order valence-corrected chi connectivity index (χ2v) is 33.8. The minimum atomic E-state index is -0.809. The number of aliphatic hydroxyl groups is 1. The normalized spacial score (nSPS) is 10.8. The van der Waals surface area contributed by atoms with Gasteiger partial charge in [0.15, 0.2) is 0 Å². The van der Waals surface area contributed by atoms with Crippen molar-refractivity contribution < 1.29 is 124 Å². The topological polar surface area (TPSA) is 298 Å². The van der Waals surface area contributed by atoms with Gasteiger partial charge < -0.3 is 95.1 Å². The number of benzene rings is 12. The van der Waals surface area contributed by atoms with Gasteiger partial charge in [-0.3, -0.25) is 0 Å². The van der Waals surface area contributed by atoms with Crippen LogP contribution in [0.25, 0.3) is 0 Å². The molecule has 0 aliphatic heterocycles.